The summed E-state index contributed by atoms with van der Waals surface area (Å²) in [6.45, 7) is 6.22. The Morgan fingerprint density at radius 2 is 2.11 bits per heavy atom. The van der Waals surface area contributed by atoms with Crippen LogP contribution in [0.5, 0.6) is 0 Å². The number of carbonyl (C=O) groups excluding carboxylic acids is 1. The van der Waals surface area contributed by atoms with Crippen molar-refractivity contribution in [1.82, 2.24) is 19.3 Å². The average molecular weight is 611 g/mol. The van der Waals surface area contributed by atoms with Crippen LogP contribution in [0.3, 0.4) is 0 Å². The number of carbonyl (C=O) groups is 1. The third-order valence-corrected chi connectivity index (χ3v) is 7.14. The van der Waals surface area contributed by atoms with Crippen LogP contribution >= 0.6 is 0 Å². The van der Waals surface area contributed by atoms with Gasteiger partial charge in [0.05, 0.1) is 49.0 Å². The number of esters is 1. The van der Waals surface area contributed by atoms with E-state index in [0.29, 0.717) is 25.1 Å². The summed E-state index contributed by atoms with van der Waals surface area (Å²) in [6, 6.07) is 5.40. The second-order valence-corrected chi connectivity index (χ2v) is 9.87. The molecule has 0 aliphatic carbocycles. The molecule has 1 atom stereocenters. The van der Waals surface area contributed by atoms with Crippen molar-refractivity contribution in [2.24, 2.45) is 0 Å². The highest BCUT2D eigenvalue weighted by Gasteiger charge is 2.41. The summed E-state index contributed by atoms with van der Waals surface area (Å²) in [5.41, 5.74) is -0.650. The first-order valence-electron chi connectivity index (χ1n) is 13.6. The maximum atomic E-state index is 13.6. The number of aromatic amines is 1. The normalized spacial score (nSPS) is 15.7. The summed E-state index contributed by atoms with van der Waals surface area (Å²) >= 11 is 0. The molecule has 14 heteroatoms. The minimum Gasteiger partial charge on any atom is -0.466 e. The van der Waals surface area contributed by atoms with E-state index in [2.05, 4.69) is 16.8 Å². The maximum Gasteiger partial charge on any atom is 0.416 e. The number of aromatic nitrogens is 5. The molecule has 44 heavy (non-hydrogen) atoms. The number of nitriles is 1. The van der Waals surface area contributed by atoms with Crippen molar-refractivity contribution in [2.45, 2.75) is 45.1 Å². The zero-order valence-corrected chi connectivity index (χ0v) is 24.1. The predicted octanol–water partition coefficient (Wildman–Crippen LogP) is 3.85. The van der Waals surface area contributed by atoms with Crippen molar-refractivity contribution >= 4 is 17.6 Å². The smallest absolute Gasteiger partial charge is 0.416 e. The molecule has 11 nitrogen and oxygen atoms in total. The number of benzene rings is 1. The first kappa shape index (κ1) is 31.8. The number of fused-ring (bicyclic) bond motifs is 1. The third kappa shape index (κ3) is 6.57. The molecule has 0 spiro atoms. The molecule has 2 aromatic heterocycles. The SMILES string of the molecule is C=C/C(C#N)=C\C=C(/CC[n+]1ccn(CCCO)c1)[C@@H]1C(C(=O)OC)=C(C)N(c2cccc(C(F)(F)F)c2)c2n[nH]c(=O)n21. The molecule has 230 valence electrons. The predicted molar refractivity (Wildman–Crippen MR) is 153 cm³/mol. The average Bonchev–Trinajstić information content (AvgIpc) is 3.63. The summed E-state index contributed by atoms with van der Waals surface area (Å²) < 4.78 is 50.9. The fraction of sp³-hybridized carbons (Fsp3) is 0.300. The number of aliphatic hydroxyl groups excluding tert-OH is 1. The molecule has 3 aromatic rings. The number of allylic oxidation sites excluding steroid dienone is 6. The number of H-pyrrole nitrogens is 1. The van der Waals surface area contributed by atoms with E-state index in [-0.39, 0.29) is 41.5 Å². The molecule has 0 saturated heterocycles. The number of hydrogen-bond acceptors (Lipinski definition) is 7. The summed E-state index contributed by atoms with van der Waals surface area (Å²) in [7, 11) is 1.17. The highest BCUT2D eigenvalue weighted by molar-refractivity contribution is 5.93. The molecule has 0 bridgehead atoms. The lowest BCUT2D eigenvalue weighted by Gasteiger charge is -2.36. The van der Waals surface area contributed by atoms with Crippen molar-refractivity contribution in [1.29, 1.82) is 5.26 Å². The Hall–Kier alpha value is -5.16. The van der Waals surface area contributed by atoms with Crippen LogP contribution in [-0.2, 0) is 28.8 Å². The zero-order valence-electron chi connectivity index (χ0n) is 24.1. The number of methoxy groups -OCH3 is 1. The van der Waals surface area contributed by atoms with Crippen LogP contribution in [0.1, 0.15) is 31.4 Å². The van der Waals surface area contributed by atoms with Crippen LogP contribution in [0.2, 0.25) is 0 Å². The quantitative estimate of drug-likeness (QED) is 0.146. The van der Waals surface area contributed by atoms with E-state index in [1.54, 1.807) is 6.08 Å². The molecular formula is C30H31F3N7O4+. The minimum atomic E-state index is -4.64. The second kappa shape index (κ2) is 13.4. The van der Waals surface area contributed by atoms with Gasteiger partial charge in [0.15, 0.2) is 0 Å². The summed E-state index contributed by atoms with van der Waals surface area (Å²) in [5.74, 6) is -0.837. The third-order valence-electron chi connectivity index (χ3n) is 7.14. The number of aryl methyl sites for hydroxylation is 2. The van der Waals surface area contributed by atoms with Gasteiger partial charge >= 0.3 is 17.8 Å². The van der Waals surface area contributed by atoms with E-state index in [9.17, 15) is 28.0 Å². The summed E-state index contributed by atoms with van der Waals surface area (Å²) in [5, 5.41) is 25.1. The van der Waals surface area contributed by atoms with E-state index in [4.69, 9.17) is 9.84 Å². The van der Waals surface area contributed by atoms with E-state index >= 15 is 0 Å². The molecule has 0 radical (unpaired) electrons. The van der Waals surface area contributed by atoms with Gasteiger partial charge < -0.3 is 9.84 Å². The van der Waals surface area contributed by atoms with Crippen LogP contribution in [0.4, 0.5) is 24.8 Å². The zero-order chi connectivity index (χ0) is 32.0. The second-order valence-electron chi connectivity index (χ2n) is 9.87. The number of halogens is 3. The number of anilines is 2. The van der Waals surface area contributed by atoms with E-state index in [1.165, 1.54) is 47.8 Å². The van der Waals surface area contributed by atoms with Crippen molar-refractivity contribution in [3.05, 3.63) is 106 Å². The number of aliphatic hydroxyl groups is 1. The molecular weight excluding hydrogens is 579 g/mol. The van der Waals surface area contributed by atoms with Gasteiger partial charge in [0.2, 0.25) is 12.3 Å². The van der Waals surface area contributed by atoms with Gasteiger partial charge in [-0.25, -0.2) is 28.4 Å². The number of alkyl halides is 3. The van der Waals surface area contributed by atoms with E-state index in [0.717, 1.165) is 12.1 Å². The van der Waals surface area contributed by atoms with Crippen molar-refractivity contribution < 1.29 is 32.4 Å². The fourth-order valence-corrected chi connectivity index (χ4v) is 5.01. The van der Waals surface area contributed by atoms with Crippen molar-refractivity contribution in [3.63, 3.8) is 0 Å². The Balaban J connectivity index is 1.89. The Bertz CT molecular complexity index is 1740. The minimum absolute atomic E-state index is 0.00295. The highest BCUT2D eigenvalue weighted by atomic mass is 19.4. The Kier molecular flexibility index (Phi) is 9.70. The Morgan fingerprint density at radius 3 is 2.77 bits per heavy atom. The van der Waals surface area contributed by atoms with Gasteiger partial charge in [-0.2, -0.15) is 18.4 Å². The lowest BCUT2D eigenvalue weighted by atomic mass is 9.91. The molecule has 0 saturated carbocycles. The van der Waals surface area contributed by atoms with Crippen LogP contribution in [0.15, 0.2) is 95.0 Å². The van der Waals surface area contributed by atoms with Crippen LogP contribution in [-0.4, -0.2) is 44.1 Å². The largest absolute Gasteiger partial charge is 0.466 e. The summed E-state index contributed by atoms with van der Waals surface area (Å²) in [4.78, 5) is 28.0. The molecule has 0 unspecified atom stereocenters. The molecule has 2 N–H and O–H groups in total. The van der Waals surface area contributed by atoms with Crippen LogP contribution in [0.25, 0.3) is 0 Å². The molecule has 1 aliphatic rings. The molecule has 1 aliphatic heterocycles. The molecule has 3 heterocycles. The van der Waals surface area contributed by atoms with Gasteiger partial charge in [-0.3, -0.25) is 4.90 Å². The van der Waals surface area contributed by atoms with Crippen LogP contribution < -0.4 is 15.2 Å². The highest BCUT2D eigenvalue weighted by Crippen LogP contribution is 2.43. The topological polar surface area (TPSA) is 133 Å². The van der Waals surface area contributed by atoms with Gasteiger partial charge in [-0.1, -0.05) is 24.8 Å². The van der Waals surface area contributed by atoms with Gasteiger partial charge in [0.1, 0.15) is 12.4 Å². The van der Waals surface area contributed by atoms with Crippen molar-refractivity contribution in [3.8, 4) is 6.07 Å². The maximum absolute atomic E-state index is 13.6. The van der Waals surface area contributed by atoms with Gasteiger partial charge in [0.25, 0.3) is 0 Å². The fourth-order valence-electron chi connectivity index (χ4n) is 5.01. The summed E-state index contributed by atoms with van der Waals surface area (Å²) in [6.07, 6.45) is 6.24. The van der Waals surface area contributed by atoms with Gasteiger partial charge in [-0.15, -0.1) is 5.10 Å². The Morgan fingerprint density at radius 1 is 1.34 bits per heavy atom. The molecule has 0 amide bonds. The number of hydrogen-bond donors (Lipinski definition) is 2. The number of rotatable bonds is 11. The standard InChI is InChI=1S/C30H30F3N7O4/c1-4-21(18-34)9-10-22(11-13-38-15-14-37(19-38)12-6-16-41)26-25(27(42)44-3)20(2)39(28-35-36-29(43)40(26)28)24-8-5-7-23(17-24)30(31,32)33/h4-5,7-10,14-15,17,19,26,41H,1,6,11-13,16H2,2-3H3/p+1/b21-9+,22-10+/t26-/m1/s1. The first-order chi connectivity index (χ1) is 21.0. The van der Waals surface area contributed by atoms with Gasteiger partial charge in [0, 0.05) is 30.8 Å². The number of ether oxygens (including phenoxy) is 1. The lowest BCUT2D eigenvalue weighted by molar-refractivity contribution is -0.696. The molecule has 1 aromatic carbocycles. The van der Waals surface area contributed by atoms with Crippen molar-refractivity contribution in [2.75, 3.05) is 18.6 Å². The van der Waals surface area contributed by atoms with Gasteiger partial charge in [-0.05, 0) is 36.8 Å². The number of nitrogens with one attached hydrogen (secondary N) is 1. The monoisotopic (exact) mass is 610 g/mol. The number of imidazole rings is 1. The number of nitrogens with zero attached hydrogens (tertiary/aromatic N) is 6. The van der Waals surface area contributed by atoms with E-state index in [1.807, 2.05) is 33.9 Å². The Labute approximate surface area is 250 Å². The lowest BCUT2D eigenvalue weighted by Crippen LogP contribution is -2.39. The molecule has 0 fully saturated rings. The first-order valence-corrected chi connectivity index (χ1v) is 13.6. The van der Waals surface area contributed by atoms with E-state index < -0.39 is 29.4 Å². The van der Waals surface area contributed by atoms with Crippen LogP contribution in [0, 0.1) is 11.3 Å². The molecule has 4 rings (SSSR count).